The zero-order valence-corrected chi connectivity index (χ0v) is 51.9. The Balaban J connectivity index is 1.30. The molecule has 1 amide bonds. The van der Waals surface area contributed by atoms with E-state index in [-0.39, 0.29) is 18.9 Å². The minimum absolute atomic E-state index is 0.239. The van der Waals surface area contributed by atoms with E-state index in [9.17, 15) is 61.0 Å². The summed E-state index contributed by atoms with van der Waals surface area (Å²) in [6.45, 7) is 1.60. The highest BCUT2D eigenvalue weighted by atomic mass is 16.8. The van der Waals surface area contributed by atoms with Crippen LogP contribution in [0.5, 0.6) is 0 Å². The molecule has 3 heterocycles. The van der Waals surface area contributed by atoms with Gasteiger partial charge in [0.1, 0.15) is 73.2 Å². The van der Waals surface area contributed by atoms with Crippen molar-refractivity contribution in [3.05, 3.63) is 24.3 Å². The van der Waals surface area contributed by atoms with E-state index in [1.165, 1.54) is 180 Å². The molecule has 3 fully saturated rings. The molecule has 17 unspecified atom stereocenters. The summed E-state index contributed by atoms with van der Waals surface area (Å²) in [7, 11) is 0. The Morgan fingerprint density at radius 1 is 0.417 bits per heavy atom. The van der Waals surface area contributed by atoms with Gasteiger partial charge in [-0.2, -0.15) is 0 Å². The lowest BCUT2D eigenvalue weighted by Gasteiger charge is -2.48. The number of rotatable bonds is 51. The highest BCUT2D eigenvalue weighted by Crippen LogP contribution is 2.33. The highest BCUT2D eigenvalue weighted by Gasteiger charge is 2.53. The van der Waals surface area contributed by atoms with Crippen LogP contribution in [0.15, 0.2) is 24.3 Å². The zero-order chi connectivity index (χ0) is 61.2. The van der Waals surface area contributed by atoms with E-state index in [0.717, 1.165) is 38.5 Å². The average Bonchev–Trinajstić information content (AvgIpc) is 3.17. The molecule has 3 aliphatic rings. The molecule has 3 rings (SSSR count). The third-order valence-corrected chi connectivity index (χ3v) is 17.0. The Labute approximate surface area is 505 Å². The Bertz CT molecular complexity index is 1630. The molecule has 0 saturated carbocycles. The Hall–Kier alpha value is -1.73. The molecule has 84 heavy (non-hydrogen) atoms. The van der Waals surface area contributed by atoms with Gasteiger partial charge >= 0.3 is 0 Å². The van der Waals surface area contributed by atoms with E-state index < -0.39 is 124 Å². The Kier molecular flexibility index (Phi) is 43.9. The molecule has 17 atom stereocenters. The summed E-state index contributed by atoms with van der Waals surface area (Å²) in [5.41, 5.74) is 0. The quantitative estimate of drug-likeness (QED) is 0.0204. The molecule has 19 heteroatoms. The second-order valence-electron chi connectivity index (χ2n) is 24.3. The second-order valence-corrected chi connectivity index (χ2v) is 24.3. The van der Waals surface area contributed by atoms with Crippen molar-refractivity contribution in [2.45, 2.75) is 356 Å². The van der Waals surface area contributed by atoms with Crippen LogP contribution >= 0.6 is 0 Å². The number of aliphatic hydroxyl groups excluding tert-OH is 11. The summed E-state index contributed by atoms with van der Waals surface area (Å²) in [6.07, 6.45) is 26.8. The smallest absolute Gasteiger partial charge is 0.220 e. The number of unbranched alkanes of at least 4 members (excludes halogenated alkanes) is 33. The first-order valence-electron chi connectivity index (χ1n) is 33.6. The third kappa shape index (κ3) is 30.7. The first kappa shape index (κ1) is 76.5. The molecule has 0 bridgehead atoms. The topological polar surface area (TPSA) is 307 Å². The molecule has 12 N–H and O–H groups in total. The van der Waals surface area contributed by atoms with Crippen molar-refractivity contribution in [3.63, 3.8) is 0 Å². The maximum absolute atomic E-state index is 13.3. The molecule has 494 valence electrons. The molecule has 0 aromatic rings. The van der Waals surface area contributed by atoms with Crippen LogP contribution in [-0.4, -0.2) is 193 Å². The predicted octanol–water partition coefficient (Wildman–Crippen LogP) is 7.88. The zero-order valence-electron chi connectivity index (χ0n) is 51.9. The van der Waals surface area contributed by atoms with Crippen molar-refractivity contribution in [3.8, 4) is 0 Å². The second kappa shape index (κ2) is 48.2. The number of allylic oxidation sites excluding steroid dienone is 3. The molecule has 3 saturated heterocycles. The van der Waals surface area contributed by atoms with Crippen LogP contribution in [0.2, 0.25) is 0 Å². The number of aliphatic hydroxyl groups is 11. The fourth-order valence-corrected chi connectivity index (χ4v) is 11.5. The monoisotopic (exact) mass is 1200 g/mol. The number of carbonyl (C=O) groups is 1. The van der Waals surface area contributed by atoms with Crippen molar-refractivity contribution >= 4 is 5.91 Å². The third-order valence-electron chi connectivity index (χ3n) is 17.0. The number of hydrogen-bond donors (Lipinski definition) is 12. The lowest BCUT2D eigenvalue weighted by atomic mass is 9.96. The molecule has 19 nitrogen and oxygen atoms in total. The number of hydrogen-bond acceptors (Lipinski definition) is 18. The van der Waals surface area contributed by atoms with Gasteiger partial charge in [-0.05, 0) is 25.7 Å². The molecule has 0 aromatic carbocycles. The van der Waals surface area contributed by atoms with Gasteiger partial charge in [0.25, 0.3) is 0 Å². The van der Waals surface area contributed by atoms with Gasteiger partial charge in [0.15, 0.2) is 18.9 Å². The van der Waals surface area contributed by atoms with Gasteiger partial charge in [-0.25, -0.2) is 0 Å². The van der Waals surface area contributed by atoms with E-state index in [0.29, 0.717) is 12.8 Å². The minimum atomic E-state index is -1.98. The predicted molar refractivity (Wildman–Crippen MR) is 323 cm³/mol. The van der Waals surface area contributed by atoms with Gasteiger partial charge in [-0.1, -0.05) is 244 Å². The summed E-state index contributed by atoms with van der Waals surface area (Å²) in [6, 6.07) is -0.983. The number of ether oxygens (including phenoxy) is 6. The van der Waals surface area contributed by atoms with E-state index in [1.54, 1.807) is 6.08 Å². The van der Waals surface area contributed by atoms with Crippen LogP contribution in [-0.2, 0) is 33.2 Å². The molecular weight excluding hydrogens is 1080 g/mol. The highest BCUT2D eigenvalue weighted by molar-refractivity contribution is 5.76. The maximum atomic E-state index is 13.3. The van der Waals surface area contributed by atoms with Gasteiger partial charge in [-0.3, -0.25) is 4.79 Å². The van der Waals surface area contributed by atoms with Crippen LogP contribution in [0.4, 0.5) is 0 Å². The maximum Gasteiger partial charge on any atom is 0.220 e. The van der Waals surface area contributed by atoms with Crippen molar-refractivity contribution in [1.82, 2.24) is 5.32 Å². The summed E-state index contributed by atoms with van der Waals surface area (Å²) in [5, 5.41) is 120. The molecule has 0 aliphatic carbocycles. The first-order valence-corrected chi connectivity index (χ1v) is 33.6. The molecular formula is C65H121NO18. The minimum Gasteiger partial charge on any atom is -0.394 e. The number of nitrogens with one attached hydrogen (secondary N) is 1. The average molecular weight is 1200 g/mol. The van der Waals surface area contributed by atoms with Crippen molar-refractivity contribution in [1.29, 1.82) is 0 Å². The van der Waals surface area contributed by atoms with Crippen LogP contribution in [0, 0.1) is 0 Å². The van der Waals surface area contributed by atoms with Crippen LogP contribution < -0.4 is 5.32 Å². The van der Waals surface area contributed by atoms with Crippen molar-refractivity contribution in [2.75, 3.05) is 26.4 Å². The Morgan fingerprint density at radius 3 is 1.17 bits per heavy atom. The molecule has 0 aromatic heterocycles. The summed E-state index contributed by atoms with van der Waals surface area (Å²) in [4.78, 5) is 13.3. The van der Waals surface area contributed by atoms with Crippen LogP contribution in [0.3, 0.4) is 0 Å². The van der Waals surface area contributed by atoms with E-state index in [4.69, 9.17) is 28.4 Å². The molecule has 0 radical (unpaired) electrons. The lowest BCUT2D eigenvalue weighted by molar-refractivity contribution is -0.379. The van der Waals surface area contributed by atoms with E-state index >= 15 is 0 Å². The summed E-state index contributed by atoms with van der Waals surface area (Å²) in [5.74, 6) is -0.286. The SMILES string of the molecule is CCC/C=C/CC/C=C/C(O)C(COC1OC(CO)C(OC2OC(CO)C(OC3OC(CO)C(O)C(O)C3O)C(O)C2O)C(O)C1O)NC(=O)CCCCCCCCCCCCCCCCCCCCCCCCCCCCCCCCCC. The molecule has 0 spiro atoms. The fraction of sp³-hybridized carbons (Fsp3) is 0.923. The number of carbonyl (C=O) groups excluding carboxylic acids is 1. The summed E-state index contributed by atoms with van der Waals surface area (Å²) < 4.78 is 34.1. The number of amides is 1. The van der Waals surface area contributed by atoms with Gasteiger partial charge in [0.2, 0.25) is 5.91 Å². The largest absolute Gasteiger partial charge is 0.394 e. The first-order chi connectivity index (χ1) is 40.8. The van der Waals surface area contributed by atoms with E-state index in [1.807, 2.05) is 6.08 Å². The summed E-state index contributed by atoms with van der Waals surface area (Å²) >= 11 is 0. The van der Waals surface area contributed by atoms with Gasteiger partial charge in [-0.15, -0.1) is 0 Å². The lowest BCUT2D eigenvalue weighted by Crippen LogP contribution is -2.66. The van der Waals surface area contributed by atoms with Gasteiger partial charge in [0.05, 0.1) is 38.6 Å². The fourth-order valence-electron chi connectivity index (χ4n) is 11.5. The molecule has 3 aliphatic heterocycles. The van der Waals surface area contributed by atoms with Gasteiger partial charge in [0, 0.05) is 6.42 Å². The van der Waals surface area contributed by atoms with Crippen molar-refractivity contribution < 1.29 is 89.4 Å². The van der Waals surface area contributed by atoms with Crippen LogP contribution in [0.1, 0.15) is 251 Å². The van der Waals surface area contributed by atoms with E-state index in [2.05, 4.69) is 31.3 Å². The normalized spacial score (nSPS) is 29.3. The van der Waals surface area contributed by atoms with Crippen molar-refractivity contribution in [2.24, 2.45) is 0 Å². The van der Waals surface area contributed by atoms with Gasteiger partial charge < -0.3 is 89.9 Å². The standard InChI is InChI=1S/C65H121NO18/c1-3-5-7-9-11-12-13-14-15-16-17-18-19-20-21-22-23-24-25-26-27-28-29-30-31-32-33-34-35-37-39-41-43-53(71)66-48(49(70)42-40-38-36-10-8-6-4-2)47-79-63-59(77)56(74)61(51(45-68)81-63)84-65-60(78)57(75)62(52(46-69)82-65)83-64-58(76)55(73)54(72)50(44-67)80-64/h8,10,40,42,48-52,54-65,67-70,72-78H,3-7,9,11-39,41,43-47H2,1-2H3,(H,66,71)/b10-8+,42-40+. The Morgan fingerprint density at radius 2 is 0.762 bits per heavy atom. The van der Waals surface area contributed by atoms with Crippen LogP contribution in [0.25, 0.3) is 0 Å².